The van der Waals surface area contributed by atoms with Gasteiger partial charge in [0.1, 0.15) is 0 Å². The highest BCUT2D eigenvalue weighted by Gasteiger charge is 2.16. The zero-order valence-corrected chi connectivity index (χ0v) is 12.5. The van der Waals surface area contributed by atoms with Gasteiger partial charge < -0.3 is 10.4 Å². The Bertz CT molecular complexity index is 621. The minimum Gasteiger partial charge on any atom is -0.394 e. The van der Waals surface area contributed by atoms with E-state index in [0.717, 1.165) is 5.56 Å². The van der Waals surface area contributed by atoms with Crippen molar-refractivity contribution in [2.24, 2.45) is 0 Å². The SMILES string of the molecule is CC(=O)c1csc(C(=O)N[C@H](CO)Cc2ccccc2)c1. The molecule has 1 atom stereocenters. The molecule has 1 aromatic carbocycles. The number of aliphatic hydroxyl groups excluding tert-OH is 1. The molecule has 2 rings (SSSR count). The summed E-state index contributed by atoms with van der Waals surface area (Å²) in [6.45, 7) is 1.33. The number of amides is 1. The Balaban J connectivity index is 2.00. The largest absolute Gasteiger partial charge is 0.394 e. The first kappa shape index (κ1) is 15.4. The van der Waals surface area contributed by atoms with Crippen molar-refractivity contribution in [2.75, 3.05) is 6.61 Å². The van der Waals surface area contributed by atoms with Crippen LogP contribution in [0.5, 0.6) is 0 Å². The molecule has 0 unspecified atom stereocenters. The molecule has 0 radical (unpaired) electrons. The number of benzene rings is 1. The first-order chi connectivity index (χ1) is 10.1. The zero-order valence-electron chi connectivity index (χ0n) is 11.7. The Hall–Kier alpha value is -1.98. The van der Waals surface area contributed by atoms with Gasteiger partial charge in [0.05, 0.1) is 17.5 Å². The molecule has 0 aliphatic rings. The van der Waals surface area contributed by atoms with E-state index in [1.54, 1.807) is 11.4 Å². The first-order valence-electron chi connectivity index (χ1n) is 6.65. The predicted octanol–water partition coefficient (Wildman–Crippen LogP) is 2.28. The van der Waals surface area contributed by atoms with Gasteiger partial charge in [-0.15, -0.1) is 11.3 Å². The van der Waals surface area contributed by atoms with Gasteiger partial charge in [-0.1, -0.05) is 30.3 Å². The number of carbonyl (C=O) groups excluding carboxylic acids is 2. The van der Waals surface area contributed by atoms with Crippen LogP contribution in [0.2, 0.25) is 0 Å². The van der Waals surface area contributed by atoms with Gasteiger partial charge in [-0.3, -0.25) is 9.59 Å². The minimum absolute atomic E-state index is 0.0618. The Morgan fingerprint density at radius 1 is 1.29 bits per heavy atom. The van der Waals surface area contributed by atoms with Crippen LogP contribution in [0.25, 0.3) is 0 Å². The van der Waals surface area contributed by atoms with Gasteiger partial charge in [0, 0.05) is 10.9 Å². The highest BCUT2D eigenvalue weighted by molar-refractivity contribution is 7.12. The predicted molar refractivity (Wildman–Crippen MR) is 82.8 cm³/mol. The molecule has 21 heavy (non-hydrogen) atoms. The molecule has 0 saturated carbocycles. The molecule has 5 heteroatoms. The molecule has 0 saturated heterocycles. The number of thiophene rings is 1. The summed E-state index contributed by atoms with van der Waals surface area (Å²) < 4.78 is 0. The summed E-state index contributed by atoms with van der Waals surface area (Å²) in [4.78, 5) is 23.8. The zero-order chi connectivity index (χ0) is 15.2. The van der Waals surface area contributed by atoms with Crippen molar-refractivity contribution in [3.8, 4) is 0 Å². The van der Waals surface area contributed by atoms with Crippen LogP contribution >= 0.6 is 11.3 Å². The van der Waals surface area contributed by atoms with E-state index in [1.807, 2.05) is 30.3 Å². The fourth-order valence-corrected chi connectivity index (χ4v) is 2.81. The number of hydrogen-bond acceptors (Lipinski definition) is 4. The summed E-state index contributed by atoms with van der Waals surface area (Å²) in [5.74, 6) is -0.323. The average molecular weight is 303 g/mol. The van der Waals surface area contributed by atoms with Gasteiger partial charge in [-0.05, 0) is 25.0 Å². The fraction of sp³-hybridized carbons (Fsp3) is 0.250. The van der Waals surface area contributed by atoms with Crippen LogP contribution in [-0.4, -0.2) is 29.4 Å². The van der Waals surface area contributed by atoms with E-state index in [0.29, 0.717) is 16.9 Å². The number of hydrogen-bond donors (Lipinski definition) is 2. The van der Waals surface area contributed by atoms with Crippen molar-refractivity contribution in [3.05, 3.63) is 57.8 Å². The van der Waals surface area contributed by atoms with Crippen LogP contribution in [0, 0.1) is 0 Å². The molecule has 1 amide bonds. The fourth-order valence-electron chi connectivity index (χ4n) is 1.96. The topological polar surface area (TPSA) is 66.4 Å². The maximum absolute atomic E-state index is 12.1. The lowest BCUT2D eigenvalue weighted by molar-refractivity contribution is 0.0920. The Morgan fingerprint density at radius 2 is 2.00 bits per heavy atom. The van der Waals surface area contributed by atoms with E-state index < -0.39 is 0 Å². The van der Waals surface area contributed by atoms with Gasteiger partial charge in [0.2, 0.25) is 0 Å². The molecule has 1 aromatic heterocycles. The van der Waals surface area contributed by atoms with E-state index in [-0.39, 0.29) is 24.3 Å². The number of nitrogens with one attached hydrogen (secondary N) is 1. The number of aliphatic hydroxyl groups is 1. The third-order valence-corrected chi connectivity index (χ3v) is 4.04. The summed E-state index contributed by atoms with van der Waals surface area (Å²) in [5, 5.41) is 13.9. The number of ketones is 1. The highest BCUT2D eigenvalue weighted by atomic mass is 32.1. The van der Waals surface area contributed by atoms with Crippen molar-refractivity contribution in [1.29, 1.82) is 0 Å². The maximum Gasteiger partial charge on any atom is 0.261 e. The van der Waals surface area contributed by atoms with Crippen LogP contribution in [-0.2, 0) is 6.42 Å². The highest BCUT2D eigenvalue weighted by Crippen LogP contribution is 2.15. The van der Waals surface area contributed by atoms with Gasteiger partial charge in [0.25, 0.3) is 5.91 Å². The van der Waals surface area contributed by atoms with Crippen molar-refractivity contribution in [2.45, 2.75) is 19.4 Å². The Labute approximate surface area is 127 Å². The van der Waals surface area contributed by atoms with Crippen LogP contribution in [0.1, 0.15) is 32.5 Å². The van der Waals surface area contributed by atoms with Crippen molar-refractivity contribution in [1.82, 2.24) is 5.32 Å². The van der Waals surface area contributed by atoms with Crippen molar-refractivity contribution < 1.29 is 14.7 Å². The second-order valence-electron chi connectivity index (χ2n) is 4.80. The van der Waals surface area contributed by atoms with Gasteiger partial charge >= 0.3 is 0 Å². The second-order valence-corrected chi connectivity index (χ2v) is 5.71. The quantitative estimate of drug-likeness (QED) is 0.805. The lowest BCUT2D eigenvalue weighted by Gasteiger charge is -2.15. The molecule has 0 aliphatic carbocycles. The molecule has 2 aromatic rings. The average Bonchev–Trinajstić information content (AvgIpc) is 2.97. The normalized spacial score (nSPS) is 11.9. The molecule has 110 valence electrons. The van der Waals surface area contributed by atoms with Gasteiger partial charge in [-0.2, -0.15) is 0 Å². The second kappa shape index (κ2) is 7.15. The van der Waals surface area contributed by atoms with Crippen LogP contribution < -0.4 is 5.32 Å². The standard InChI is InChI=1S/C16H17NO3S/c1-11(19)13-8-15(21-10-13)16(20)17-14(9-18)7-12-5-3-2-4-6-12/h2-6,8,10,14,18H,7,9H2,1H3,(H,17,20)/t14-/m0/s1. The summed E-state index contributed by atoms with van der Waals surface area (Å²) in [5.41, 5.74) is 1.58. The van der Waals surface area contributed by atoms with Crippen LogP contribution in [0.3, 0.4) is 0 Å². The molecule has 1 heterocycles. The lowest BCUT2D eigenvalue weighted by Crippen LogP contribution is -2.38. The molecule has 0 fully saturated rings. The van der Waals surface area contributed by atoms with Crippen molar-refractivity contribution >= 4 is 23.0 Å². The molecule has 0 spiro atoms. The molecule has 0 bridgehead atoms. The summed E-state index contributed by atoms with van der Waals surface area (Å²) >= 11 is 1.23. The first-order valence-corrected chi connectivity index (χ1v) is 7.53. The van der Waals surface area contributed by atoms with E-state index in [1.165, 1.54) is 18.3 Å². The Kier molecular flexibility index (Phi) is 5.25. The van der Waals surface area contributed by atoms with Gasteiger partial charge in [0.15, 0.2) is 5.78 Å². The number of Topliss-reactive ketones (excluding diaryl/α,β-unsaturated/α-hetero) is 1. The Morgan fingerprint density at radius 3 is 2.57 bits per heavy atom. The van der Waals surface area contributed by atoms with Crippen molar-refractivity contribution in [3.63, 3.8) is 0 Å². The lowest BCUT2D eigenvalue weighted by atomic mass is 10.1. The van der Waals surface area contributed by atoms with E-state index in [4.69, 9.17) is 0 Å². The number of carbonyl (C=O) groups is 2. The smallest absolute Gasteiger partial charge is 0.261 e. The molecular weight excluding hydrogens is 286 g/mol. The van der Waals surface area contributed by atoms with Gasteiger partial charge in [-0.25, -0.2) is 0 Å². The molecule has 0 aliphatic heterocycles. The summed E-state index contributed by atoms with van der Waals surface area (Å²) in [6, 6.07) is 10.9. The molecule has 4 nitrogen and oxygen atoms in total. The number of rotatable bonds is 6. The summed E-state index contributed by atoms with van der Waals surface area (Å²) in [7, 11) is 0. The van der Waals surface area contributed by atoms with E-state index >= 15 is 0 Å². The van der Waals surface area contributed by atoms with E-state index in [2.05, 4.69) is 5.32 Å². The van der Waals surface area contributed by atoms with E-state index in [9.17, 15) is 14.7 Å². The third-order valence-electron chi connectivity index (χ3n) is 3.11. The molecular formula is C16H17NO3S. The molecule has 2 N–H and O–H groups in total. The monoisotopic (exact) mass is 303 g/mol. The summed E-state index contributed by atoms with van der Waals surface area (Å²) in [6.07, 6.45) is 0.564. The van der Waals surface area contributed by atoms with Crippen LogP contribution in [0.15, 0.2) is 41.8 Å². The minimum atomic E-state index is -0.345. The maximum atomic E-state index is 12.1. The van der Waals surface area contributed by atoms with Crippen LogP contribution in [0.4, 0.5) is 0 Å². The third kappa shape index (κ3) is 4.24.